The van der Waals surface area contributed by atoms with Crippen LogP contribution in [0, 0.1) is 0 Å². The summed E-state index contributed by atoms with van der Waals surface area (Å²) in [5.74, 6) is 0.527. The average Bonchev–Trinajstić information content (AvgIpc) is 3.09. The fourth-order valence-electron chi connectivity index (χ4n) is 4.87. The van der Waals surface area contributed by atoms with Gasteiger partial charge in [0.1, 0.15) is 0 Å². The number of fused-ring (bicyclic) bond motifs is 3. The Hall–Kier alpha value is -3.00. The second kappa shape index (κ2) is 9.01. The highest BCUT2D eigenvalue weighted by Gasteiger charge is 2.24. The first kappa shape index (κ1) is 21.2. The molecular weight excluding hydrogens is 376 g/mol. The third-order valence-corrected chi connectivity index (χ3v) is 6.83. The van der Waals surface area contributed by atoms with E-state index in [2.05, 4.69) is 92.0 Å². The van der Waals surface area contributed by atoms with Gasteiger partial charge in [-0.15, -0.1) is 0 Å². The van der Waals surface area contributed by atoms with Crippen LogP contribution in [0.3, 0.4) is 0 Å². The van der Waals surface area contributed by atoms with Gasteiger partial charge < -0.3 is 10.2 Å². The normalized spacial score (nSPS) is 18.4. The highest BCUT2D eigenvalue weighted by molar-refractivity contribution is 5.73. The lowest BCUT2D eigenvalue weighted by Gasteiger charge is -2.29. The van der Waals surface area contributed by atoms with Crippen LogP contribution < -0.4 is 5.32 Å². The fraction of sp³-hybridized carbons (Fsp3) is 0.310. The highest BCUT2D eigenvalue weighted by atomic mass is 15.2. The van der Waals surface area contributed by atoms with Crippen molar-refractivity contribution in [1.82, 2.24) is 10.2 Å². The molecule has 2 heteroatoms. The third-order valence-electron chi connectivity index (χ3n) is 6.83. The highest BCUT2D eigenvalue weighted by Crippen LogP contribution is 2.41. The van der Waals surface area contributed by atoms with Gasteiger partial charge in [-0.3, -0.25) is 0 Å². The Morgan fingerprint density at radius 2 is 1.65 bits per heavy atom. The average molecular weight is 411 g/mol. The summed E-state index contributed by atoms with van der Waals surface area (Å²) in [5, 5.41) is 3.59. The van der Waals surface area contributed by atoms with Crippen LogP contribution in [0.2, 0.25) is 0 Å². The van der Waals surface area contributed by atoms with Crippen LogP contribution in [0.25, 0.3) is 11.1 Å². The molecule has 160 valence electrons. The second-order valence-electron chi connectivity index (χ2n) is 9.03. The molecule has 1 heterocycles. The predicted molar refractivity (Wildman–Crippen MR) is 133 cm³/mol. The van der Waals surface area contributed by atoms with E-state index in [9.17, 15) is 0 Å². The second-order valence-corrected chi connectivity index (χ2v) is 9.03. The minimum absolute atomic E-state index is 0.174. The van der Waals surface area contributed by atoms with Crippen LogP contribution in [0.15, 0.2) is 97.5 Å². The lowest BCUT2D eigenvalue weighted by atomic mass is 9.77. The Morgan fingerprint density at radius 1 is 1.00 bits per heavy atom. The summed E-state index contributed by atoms with van der Waals surface area (Å²) in [6, 6.07) is 17.9. The molecule has 0 spiro atoms. The quantitative estimate of drug-likeness (QED) is 0.474. The number of hydrogen-bond donors (Lipinski definition) is 1. The van der Waals surface area contributed by atoms with Crippen molar-refractivity contribution in [2.24, 2.45) is 0 Å². The predicted octanol–water partition coefficient (Wildman–Crippen LogP) is 6.94. The van der Waals surface area contributed by atoms with Gasteiger partial charge in [0.05, 0.1) is 0 Å². The molecule has 31 heavy (non-hydrogen) atoms. The van der Waals surface area contributed by atoms with Crippen LogP contribution in [0.1, 0.15) is 49.7 Å². The van der Waals surface area contributed by atoms with Crippen molar-refractivity contribution >= 4 is 0 Å². The van der Waals surface area contributed by atoms with E-state index in [1.165, 1.54) is 22.3 Å². The number of hydrogen-bond acceptors (Lipinski definition) is 2. The summed E-state index contributed by atoms with van der Waals surface area (Å²) in [4.78, 5) is 2.21. The van der Waals surface area contributed by atoms with Crippen LogP contribution in [-0.4, -0.2) is 17.5 Å². The van der Waals surface area contributed by atoms with Crippen molar-refractivity contribution in [3.05, 3.63) is 109 Å². The molecule has 1 aliphatic heterocycles. The molecule has 0 bridgehead atoms. The number of benzene rings is 2. The topological polar surface area (TPSA) is 15.3 Å². The fourth-order valence-corrected chi connectivity index (χ4v) is 4.87. The van der Waals surface area contributed by atoms with Gasteiger partial charge >= 0.3 is 0 Å². The van der Waals surface area contributed by atoms with Crippen LogP contribution in [-0.2, 0) is 6.42 Å². The minimum Gasteiger partial charge on any atom is -0.383 e. The van der Waals surface area contributed by atoms with E-state index in [0.717, 1.165) is 61.3 Å². The van der Waals surface area contributed by atoms with Crippen molar-refractivity contribution < 1.29 is 0 Å². The molecule has 1 fully saturated rings. The summed E-state index contributed by atoms with van der Waals surface area (Å²) in [5.41, 5.74) is 10.2. The van der Waals surface area contributed by atoms with Crippen molar-refractivity contribution in [3.8, 4) is 11.1 Å². The molecule has 0 amide bonds. The maximum atomic E-state index is 4.32. The third kappa shape index (κ3) is 4.54. The van der Waals surface area contributed by atoms with E-state index >= 15 is 0 Å². The zero-order valence-electron chi connectivity index (χ0n) is 18.8. The Labute approximate surface area is 187 Å². The van der Waals surface area contributed by atoms with Crippen molar-refractivity contribution in [3.63, 3.8) is 0 Å². The largest absolute Gasteiger partial charge is 0.383 e. The maximum Gasteiger partial charge on any atom is 0.0456 e. The van der Waals surface area contributed by atoms with Crippen molar-refractivity contribution in [1.29, 1.82) is 0 Å². The molecule has 0 aromatic heterocycles. The lowest BCUT2D eigenvalue weighted by Crippen LogP contribution is -2.32. The standard InChI is InChI=1S/C29H34N2/c1-20(19-31-22(3)15-16-23(31)4)24(5)30-21(2)14-17-26-18-25-10-6-7-11-27(25)29-13-9-8-12-28(26)29/h6-13,24,26,30H,1-4,14-19H2,5H3. The molecule has 2 atom stereocenters. The Morgan fingerprint density at radius 3 is 2.39 bits per heavy atom. The van der Waals surface area contributed by atoms with E-state index in [1.807, 2.05) is 0 Å². The number of nitrogens with zero attached hydrogens (tertiary/aromatic N) is 1. The first-order valence-electron chi connectivity index (χ1n) is 11.4. The molecule has 1 aliphatic carbocycles. The zero-order chi connectivity index (χ0) is 22.0. The molecule has 2 nitrogen and oxygen atoms in total. The number of rotatable bonds is 8. The minimum atomic E-state index is 0.174. The molecule has 1 N–H and O–H groups in total. The van der Waals surface area contributed by atoms with Gasteiger partial charge in [-0.05, 0) is 72.8 Å². The van der Waals surface area contributed by atoms with Gasteiger partial charge in [0, 0.05) is 29.7 Å². The van der Waals surface area contributed by atoms with Crippen molar-refractivity contribution in [2.75, 3.05) is 6.54 Å². The number of nitrogens with one attached hydrogen (secondary N) is 1. The van der Waals surface area contributed by atoms with Gasteiger partial charge in [-0.25, -0.2) is 0 Å². The smallest absolute Gasteiger partial charge is 0.0456 e. The van der Waals surface area contributed by atoms with Gasteiger partial charge in [-0.2, -0.15) is 0 Å². The van der Waals surface area contributed by atoms with E-state index in [0.29, 0.717) is 5.92 Å². The SMILES string of the molecule is C=C(CCC1Cc2ccccc2-c2ccccc21)NC(C)C(=C)CN1C(=C)CCC1=C. The van der Waals surface area contributed by atoms with Gasteiger partial charge in [0.25, 0.3) is 0 Å². The van der Waals surface area contributed by atoms with E-state index in [-0.39, 0.29) is 6.04 Å². The zero-order valence-corrected chi connectivity index (χ0v) is 18.8. The molecule has 2 unspecified atom stereocenters. The monoisotopic (exact) mass is 410 g/mol. The molecule has 0 saturated carbocycles. The molecule has 0 radical (unpaired) electrons. The summed E-state index contributed by atoms with van der Waals surface area (Å²) in [6.07, 6.45) is 5.17. The van der Waals surface area contributed by atoms with Crippen molar-refractivity contribution in [2.45, 2.75) is 51.0 Å². The lowest BCUT2D eigenvalue weighted by molar-refractivity contribution is 0.474. The summed E-state index contributed by atoms with van der Waals surface area (Å²) < 4.78 is 0. The molecule has 4 rings (SSSR count). The van der Waals surface area contributed by atoms with E-state index in [1.54, 1.807) is 0 Å². The van der Waals surface area contributed by atoms with Gasteiger partial charge in [0.15, 0.2) is 0 Å². The van der Waals surface area contributed by atoms with Gasteiger partial charge in [0.2, 0.25) is 0 Å². The van der Waals surface area contributed by atoms with Gasteiger partial charge in [-0.1, -0.05) is 74.8 Å². The number of allylic oxidation sites excluding steroid dienone is 3. The molecule has 2 aromatic carbocycles. The maximum absolute atomic E-state index is 4.32. The van der Waals surface area contributed by atoms with Crippen LogP contribution >= 0.6 is 0 Å². The first-order valence-corrected chi connectivity index (χ1v) is 11.4. The molecule has 2 aromatic rings. The number of likely N-dealkylation sites (tertiary alicyclic amines) is 1. The first-order chi connectivity index (χ1) is 14.9. The Kier molecular flexibility index (Phi) is 6.18. The summed E-state index contributed by atoms with van der Waals surface area (Å²) in [6.45, 7) is 19.9. The molecule has 1 saturated heterocycles. The van der Waals surface area contributed by atoms with E-state index < -0.39 is 0 Å². The Bertz CT molecular complexity index is 1010. The van der Waals surface area contributed by atoms with Crippen LogP contribution in [0.5, 0.6) is 0 Å². The molecule has 2 aliphatic rings. The van der Waals surface area contributed by atoms with Crippen LogP contribution in [0.4, 0.5) is 0 Å². The summed E-state index contributed by atoms with van der Waals surface area (Å²) in [7, 11) is 0. The Balaban J connectivity index is 1.34. The summed E-state index contributed by atoms with van der Waals surface area (Å²) >= 11 is 0. The van der Waals surface area contributed by atoms with E-state index in [4.69, 9.17) is 0 Å². The molecular formula is C29H34N2.